The molecule has 1 aromatic heterocycles. The van der Waals surface area contributed by atoms with E-state index in [1.54, 1.807) is 6.92 Å². The molecule has 0 spiro atoms. The van der Waals surface area contributed by atoms with Gasteiger partial charge in [-0.3, -0.25) is 4.79 Å². The number of hydrogen-bond acceptors (Lipinski definition) is 7. The van der Waals surface area contributed by atoms with Crippen molar-refractivity contribution in [3.63, 3.8) is 0 Å². The standard InChI is InChI=1S/C19H17BClFN2O5/c1-2-13(25)4-3-5-27-18-11(9-23)7-15(21)19(24-18)29-14-6-12-10-28-20(26)17(12)16(22)8-14/h6-8,26H,2-5,10H2,1H3. The third kappa shape index (κ3) is 4.85. The SMILES string of the molecule is CCC(=O)CCCOc1nc(Oc2cc(F)c3c(c2)COB3O)c(Cl)cc1C#N. The van der Waals surface area contributed by atoms with Crippen LogP contribution < -0.4 is 14.9 Å². The van der Waals surface area contributed by atoms with Gasteiger partial charge in [-0.15, -0.1) is 0 Å². The maximum Gasteiger partial charge on any atom is 0.494 e. The third-order valence-electron chi connectivity index (χ3n) is 4.31. The monoisotopic (exact) mass is 418 g/mol. The smallest absolute Gasteiger partial charge is 0.477 e. The van der Waals surface area contributed by atoms with Crippen molar-refractivity contribution in [2.75, 3.05) is 6.61 Å². The summed E-state index contributed by atoms with van der Waals surface area (Å²) >= 11 is 6.13. The van der Waals surface area contributed by atoms with Crippen molar-refractivity contribution in [1.29, 1.82) is 5.26 Å². The van der Waals surface area contributed by atoms with Gasteiger partial charge in [-0.2, -0.15) is 10.2 Å². The number of carbonyl (C=O) groups excluding carboxylic acids is 1. The molecule has 3 rings (SSSR count). The summed E-state index contributed by atoms with van der Waals surface area (Å²) in [6, 6.07) is 5.88. The molecule has 2 aromatic rings. The Hall–Kier alpha value is -2.67. The molecule has 1 N–H and O–H groups in total. The van der Waals surface area contributed by atoms with Gasteiger partial charge < -0.3 is 19.2 Å². The summed E-state index contributed by atoms with van der Waals surface area (Å²) in [5.41, 5.74) is 0.636. The fraction of sp³-hybridized carbons (Fsp3) is 0.316. The number of ether oxygens (including phenoxy) is 2. The number of rotatable bonds is 8. The number of benzene rings is 1. The highest BCUT2D eigenvalue weighted by molar-refractivity contribution is 6.61. The zero-order chi connectivity index (χ0) is 21.0. The summed E-state index contributed by atoms with van der Waals surface area (Å²) in [7, 11) is -1.31. The summed E-state index contributed by atoms with van der Waals surface area (Å²) in [6.07, 6.45) is 1.31. The predicted octanol–water partition coefficient (Wildman–Crippen LogP) is 2.89. The van der Waals surface area contributed by atoms with Gasteiger partial charge in [-0.25, -0.2) is 4.39 Å². The average Bonchev–Trinajstić information content (AvgIpc) is 3.08. The van der Waals surface area contributed by atoms with Crippen LogP contribution in [-0.2, 0) is 16.1 Å². The molecule has 150 valence electrons. The number of aromatic nitrogens is 1. The van der Waals surface area contributed by atoms with Crippen LogP contribution in [-0.4, -0.2) is 29.5 Å². The van der Waals surface area contributed by atoms with Crippen LogP contribution in [0.3, 0.4) is 0 Å². The number of nitriles is 1. The van der Waals surface area contributed by atoms with Gasteiger partial charge >= 0.3 is 7.12 Å². The van der Waals surface area contributed by atoms with Crippen molar-refractivity contribution in [2.45, 2.75) is 32.8 Å². The maximum atomic E-state index is 14.2. The lowest BCUT2D eigenvalue weighted by Gasteiger charge is -2.12. The van der Waals surface area contributed by atoms with Gasteiger partial charge in [-0.1, -0.05) is 18.5 Å². The van der Waals surface area contributed by atoms with Crippen LogP contribution in [0, 0.1) is 17.1 Å². The number of hydrogen-bond donors (Lipinski definition) is 1. The van der Waals surface area contributed by atoms with Gasteiger partial charge in [0.2, 0.25) is 11.8 Å². The summed E-state index contributed by atoms with van der Waals surface area (Å²) < 4.78 is 30.3. The van der Waals surface area contributed by atoms with Crippen molar-refractivity contribution < 1.29 is 28.3 Å². The first kappa shape index (κ1) is 21.1. The second-order valence-electron chi connectivity index (χ2n) is 6.33. The maximum absolute atomic E-state index is 14.2. The molecule has 0 unspecified atom stereocenters. The number of nitrogens with zero attached hydrogens (tertiary/aromatic N) is 2. The highest BCUT2D eigenvalue weighted by Gasteiger charge is 2.31. The van der Waals surface area contributed by atoms with E-state index in [4.69, 9.17) is 25.7 Å². The number of halogens is 2. The largest absolute Gasteiger partial charge is 0.494 e. The van der Waals surface area contributed by atoms with E-state index < -0.39 is 12.9 Å². The fourth-order valence-corrected chi connectivity index (χ4v) is 2.99. The van der Waals surface area contributed by atoms with Crippen molar-refractivity contribution >= 4 is 30.0 Å². The Morgan fingerprint density at radius 1 is 1.45 bits per heavy atom. The van der Waals surface area contributed by atoms with Gasteiger partial charge in [0.25, 0.3) is 0 Å². The number of ketones is 1. The topological polar surface area (TPSA) is 102 Å². The van der Waals surface area contributed by atoms with E-state index in [0.717, 1.165) is 6.07 Å². The van der Waals surface area contributed by atoms with Crippen LogP contribution in [0.1, 0.15) is 37.3 Å². The highest BCUT2D eigenvalue weighted by atomic mass is 35.5. The molecule has 0 saturated carbocycles. The van der Waals surface area contributed by atoms with Crippen molar-refractivity contribution in [3.8, 4) is 23.6 Å². The van der Waals surface area contributed by atoms with Crippen LogP contribution in [0.15, 0.2) is 18.2 Å². The first-order chi connectivity index (χ1) is 13.9. The molecule has 0 aliphatic carbocycles. The minimum absolute atomic E-state index is 0.0104. The molecule has 0 fully saturated rings. The van der Waals surface area contributed by atoms with Gasteiger partial charge in [-0.05, 0) is 24.1 Å². The van der Waals surface area contributed by atoms with E-state index in [1.807, 2.05) is 6.07 Å². The molecular formula is C19H17BClFN2O5. The zero-order valence-corrected chi connectivity index (χ0v) is 16.3. The zero-order valence-electron chi connectivity index (χ0n) is 15.6. The lowest BCUT2D eigenvalue weighted by molar-refractivity contribution is -0.118. The molecule has 10 heteroatoms. The first-order valence-corrected chi connectivity index (χ1v) is 9.35. The molecule has 0 radical (unpaired) electrons. The molecule has 0 amide bonds. The lowest BCUT2D eigenvalue weighted by Crippen LogP contribution is -2.31. The molecular weight excluding hydrogens is 401 g/mol. The van der Waals surface area contributed by atoms with E-state index in [9.17, 15) is 19.5 Å². The molecule has 1 aliphatic heterocycles. The van der Waals surface area contributed by atoms with Crippen molar-refractivity contribution in [1.82, 2.24) is 4.98 Å². The molecule has 2 heterocycles. The van der Waals surface area contributed by atoms with E-state index in [-0.39, 0.29) is 52.6 Å². The molecule has 1 aromatic carbocycles. The second-order valence-corrected chi connectivity index (χ2v) is 6.73. The van der Waals surface area contributed by atoms with Crippen LogP contribution in [0.25, 0.3) is 0 Å². The van der Waals surface area contributed by atoms with Crippen LogP contribution in [0.4, 0.5) is 4.39 Å². The lowest BCUT2D eigenvalue weighted by atomic mass is 9.79. The number of fused-ring (bicyclic) bond motifs is 1. The molecule has 29 heavy (non-hydrogen) atoms. The Morgan fingerprint density at radius 2 is 2.24 bits per heavy atom. The Labute approximate surface area is 172 Å². The minimum atomic E-state index is -1.31. The van der Waals surface area contributed by atoms with E-state index in [2.05, 4.69) is 4.98 Å². The molecule has 0 bridgehead atoms. The Balaban J connectivity index is 1.78. The molecule has 0 atom stereocenters. The Kier molecular flexibility index (Phi) is 6.69. The third-order valence-corrected chi connectivity index (χ3v) is 4.58. The highest BCUT2D eigenvalue weighted by Crippen LogP contribution is 2.33. The summed E-state index contributed by atoms with van der Waals surface area (Å²) in [5.74, 6) is -0.503. The summed E-state index contributed by atoms with van der Waals surface area (Å²) in [6.45, 7) is 2.02. The predicted molar refractivity (Wildman–Crippen MR) is 103 cm³/mol. The Morgan fingerprint density at radius 3 is 2.97 bits per heavy atom. The normalized spacial score (nSPS) is 12.4. The van der Waals surface area contributed by atoms with Crippen LogP contribution in [0.5, 0.6) is 17.5 Å². The van der Waals surface area contributed by atoms with E-state index in [0.29, 0.717) is 24.8 Å². The van der Waals surface area contributed by atoms with Gasteiger partial charge in [0.05, 0.1) is 13.2 Å². The van der Waals surface area contributed by atoms with Gasteiger partial charge in [0, 0.05) is 24.4 Å². The minimum Gasteiger partial charge on any atom is -0.477 e. The number of carbonyl (C=O) groups is 1. The molecule has 7 nitrogen and oxygen atoms in total. The van der Waals surface area contributed by atoms with E-state index >= 15 is 0 Å². The van der Waals surface area contributed by atoms with E-state index in [1.165, 1.54) is 12.1 Å². The van der Waals surface area contributed by atoms with Crippen molar-refractivity contribution in [3.05, 3.63) is 40.2 Å². The summed E-state index contributed by atoms with van der Waals surface area (Å²) in [4.78, 5) is 15.5. The quantitative estimate of drug-likeness (QED) is 0.519. The Bertz CT molecular complexity index is 982. The number of pyridine rings is 1. The van der Waals surface area contributed by atoms with Crippen LogP contribution >= 0.6 is 11.6 Å². The fourth-order valence-electron chi connectivity index (χ4n) is 2.80. The second kappa shape index (κ2) is 9.22. The average molecular weight is 419 g/mol. The van der Waals surface area contributed by atoms with Crippen LogP contribution in [0.2, 0.25) is 5.02 Å². The van der Waals surface area contributed by atoms with Gasteiger partial charge in [0.1, 0.15) is 34.0 Å². The molecule has 1 aliphatic rings. The van der Waals surface area contributed by atoms with Crippen molar-refractivity contribution in [2.24, 2.45) is 0 Å². The van der Waals surface area contributed by atoms with Gasteiger partial charge in [0.15, 0.2) is 0 Å². The molecule has 0 saturated heterocycles. The summed E-state index contributed by atoms with van der Waals surface area (Å²) in [5, 5.41) is 18.9. The number of Topliss-reactive ketones (excluding diaryl/α,β-unsaturated/α-hetero) is 1. The first-order valence-electron chi connectivity index (χ1n) is 8.98.